The predicted molar refractivity (Wildman–Crippen MR) is 144 cm³/mol. The van der Waals surface area contributed by atoms with Gasteiger partial charge in [-0.2, -0.15) is 0 Å². The van der Waals surface area contributed by atoms with Gasteiger partial charge in [-0.05, 0) is 36.1 Å². The van der Waals surface area contributed by atoms with E-state index in [1.807, 2.05) is 91.2 Å². The Kier molecular flexibility index (Phi) is 7.44. The van der Waals surface area contributed by atoms with Crippen LogP contribution < -0.4 is 5.32 Å². The van der Waals surface area contributed by atoms with Gasteiger partial charge < -0.3 is 14.5 Å². The van der Waals surface area contributed by atoms with Gasteiger partial charge >= 0.3 is 5.97 Å². The van der Waals surface area contributed by atoms with Gasteiger partial charge in [-0.25, -0.2) is 4.79 Å². The Balaban J connectivity index is 1.29. The highest BCUT2D eigenvalue weighted by atomic mass is 32.2. The van der Waals surface area contributed by atoms with Crippen molar-refractivity contribution in [2.24, 2.45) is 5.92 Å². The monoisotopic (exact) mass is 501 g/mol. The molecular formula is C30H33N2O3S+. The number of carbonyl (C=O) groups excluding carboxylic acids is 2. The lowest BCUT2D eigenvalue weighted by molar-refractivity contribution is -0.938. The van der Waals surface area contributed by atoms with E-state index in [9.17, 15) is 9.59 Å². The number of ether oxygens (including phenoxy) is 1. The lowest BCUT2D eigenvalue weighted by atomic mass is 9.82. The van der Waals surface area contributed by atoms with Crippen LogP contribution in [0.4, 0.5) is 5.69 Å². The van der Waals surface area contributed by atoms with Crippen LogP contribution >= 0.6 is 11.8 Å². The normalized spacial score (nSPS) is 23.6. The van der Waals surface area contributed by atoms with Gasteiger partial charge in [0, 0.05) is 34.9 Å². The summed E-state index contributed by atoms with van der Waals surface area (Å²) in [6.45, 7) is 3.11. The van der Waals surface area contributed by atoms with Crippen molar-refractivity contribution in [3.8, 4) is 0 Å². The number of thioether (sulfide) groups is 1. The van der Waals surface area contributed by atoms with Gasteiger partial charge in [0.15, 0.2) is 12.1 Å². The number of quaternary nitrogens is 1. The van der Waals surface area contributed by atoms with Gasteiger partial charge in [0.25, 0.3) is 0 Å². The number of anilines is 1. The average molecular weight is 502 g/mol. The van der Waals surface area contributed by atoms with E-state index in [2.05, 4.69) is 5.32 Å². The maximum atomic E-state index is 13.5. The molecule has 2 unspecified atom stereocenters. The third-order valence-electron chi connectivity index (χ3n) is 7.65. The zero-order valence-electron chi connectivity index (χ0n) is 20.6. The minimum Gasteiger partial charge on any atom is -0.454 e. The van der Waals surface area contributed by atoms with E-state index in [0.29, 0.717) is 23.5 Å². The number of benzene rings is 3. The molecule has 186 valence electrons. The van der Waals surface area contributed by atoms with Crippen molar-refractivity contribution < 1.29 is 18.8 Å². The topological polar surface area (TPSA) is 55.4 Å². The number of carbonyl (C=O) groups is 2. The summed E-state index contributed by atoms with van der Waals surface area (Å²) in [5, 5.41) is 3.37. The van der Waals surface area contributed by atoms with Crippen molar-refractivity contribution in [2.75, 3.05) is 37.8 Å². The number of nitrogens with zero attached hydrogens (tertiary/aromatic N) is 1. The van der Waals surface area contributed by atoms with Gasteiger partial charge in [0.2, 0.25) is 5.78 Å². The summed E-state index contributed by atoms with van der Waals surface area (Å²) in [6.07, 6.45) is 3.83. The maximum Gasteiger partial charge on any atom is 0.333 e. The molecule has 3 aromatic rings. The van der Waals surface area contributed by atoms with E-state index in [1.165, 1.54) is 0 Å². The van der Waals surface area contributed by atoms with Crippen molar-refractivity contribution >= 4 is 29.2 Å². The Hall–Kier alpha value is -3.09. The Labute approximate surface area is 217 Å². The number of Topliss-reactive ketones (excluding diaryl/α,β-unsaturated/α-hetero) is 1. The number of esters is 1. The van der Waals surface area contributed by atoms with Crippen LogP contribution in [0.5, 0.6) is 0 Å². The lowest BCUT2D eigenvalue weighted by Crippen LogP contribution is -2.65. The molecule has 36 heavy (non-hydrogen) atoms. The predicted octanol–water partition coefficient (Wildman–Crippen LogP) is 5.60. The third-order valence-corrected chi connectivity index (χ3v) is 8.40. The standard InChI is InChI=1S/C30H33N2O3S/c1-36-26-14-12-22(13-15-26)27(33)20-32-18-16-23(17-19-32)28(21-32)35-30(34)29(24-8-4-2-5-9-24)31-25-10-6-3-7-11-25/h2-15,23,28-29,31H,16-21H2,1H3/q+1. The first-order valence-electron chi connectivity index (χ1n) is 12.6. The summed E-state index contributed by atoms with van der Waals surface area (Å²) < 4.78 is 6.93. The molecule has 5 nitrogen and oxygen atoms in total. The zero-order valence-corrected chi connectivity index (χ0v) is 21.5. The first-order valence-corrected chi connectivity index (χ1v) is 13.9. The molecular weight excluding hydrogens is 468 g/mol. The Morgan fingerprint density at radius 1 is 0.944 bits per heavy atom. The Morgan fingerprint density at radius 2 is 1.58 bits per heavy atom. The molecule has 3 saturated heterocycles. The van der Waals surface area contributed by atoms with Crippen LogP contribution in [-0.4, -0.2) is 54.8 Å². The summed E-state index contributed by atoms with van der Waals surface area (Å²) in [5.74, 6) is 0.264. The minimum atomic E-state index is -0.589. The van der Waals surface area contributed by atoms with Crippen LogP contribution in [0, 0.1) is 5.92 Å². The highest BCUT2D eigenvalue weighted by Crippen LogP contribution is 2.37. The Morgan fingerprint density at radius 3 is 2.22 bits per heavy atom. The van der Waals surface area contributed by atoms with Crippen LogP contribution in [-0.2, 0) is 9.53 Å². The molecule has 3 aromatic carbocycles. The molecule has 3 fully saturated rings. The number of fused-ring (bicyclic) bond motifs is 3. The molecule has 2 atom stereocenters. The number of para-hydroxylation sites is 1. The molecule has 2 bridgehead atoms. The van der Waals surface area contributed by atoms with Crippen LogP contribution in [0.2, 0.25) is 0 Å². The molecule has 0 aromatic heterocycles. The molecule has 0 aliphatic carbocycles. The third kappa shape index (κ3) is 5.50. The molecule has 6 heteroatoms. The molecule has 0 radical (unpaired) electrons. The molecule has 6 rings (SSSR count). The molecule has 0 saturated carbocycles. The summed E-state index contributed by atoms with van der Waals surface area (Å²) in [6, 6.07) is 26.8. The van der Waals surface area contributed by atoms with Gasteiger partial charge in [-0.15, -0.1) is 11.8 Å². The zero-order chi connectivity index (χ0) is 25.0. The van der Waals surface area contributed by atoms with Crippen LogP contribution in [0.1, 0.15) is 34.8 Å². The van der Waals surface area contributed by atoms with Crippen molar-refractivity contribution in [3.05, 3.63) is 96.1 Å². The van der Waals surface area contributed by atoms with Crippen molar-refractivity contribution in [1.82, 2.24) is 0 Å². The molecule has 0 spiro atoms. The van der Waals surface area contributed by atoms with E-state index in [0.717, 1.165) is 47.6 Å². The highest BCUT2D eigenvalue weighted by molar-refractivity contribution is 7.98. The average Bonchev–Trinajstić information content (AvgIpc) is 2.93. The molecule has 3 aliphatic heterocycles. The smallest absolute Gasteiger partial charge is 0.333 e. The van der Waals surface area contributed by atoms with Crippen molar-refractivity contribution in [2.45, 2.75) is 29.9 Å². The van der Waals surface area contributed by atoms with Gasteiger partial charge in [0.1, 0.15) is 13.1 Å². The fraction of sp³-hybridized carbons (Fsp3) is 0.333. The van der Waals surface area contributed by atoms with E-state index >= 15 is 0 Å². The number of hydrogen-bond acceptors (Lipinski definition) is 5. The summed E-state index contributed by atoms with van der Waals surface area (Å²) in [4.78, 5) is 27.9. The summed E-state index contributed by atoms with van der Waals surface area (Å²) in [5.41, 5.74) is 2.51. The lowest BCUT2D eigenvalue weighted by Gasteiger charge is -2.51. The quantitative estimate of drug-likeness (QED) is 0.179. The van der Waals surface area contributed by atoms with Gasteiger partial charge in [0.05, 0.1) is 13.1 Å². The van der Waals surface area contributed by atoms with Crippen LogP contribution in [0.3, 0.4) is 0 Å². The number of piperidine rings is 3. The number of nitrogens with one attached hydrogen (secondary N) is 1. The van der Waals surface area contributed by atoms with Crippen molar-refractivity contribution in [3.63, 3.8) is 0 Å². The largest absolute Gasteiger partial charge is 0.454 e. The van der Waals surface area contributed by atoms with E-state index < -0.39 is 6.04 Å². The molecule has 1 N–H and O–H groups in total. The first kappa shape index (κ1) is 24.6. The minimum absolute atomic E-state index is 0.168. The summed E-state index contributed by atoms with van der Waals surface area (Å²) >= 11 is 1.67. The second-order valence-electron chi connectivity index (χ2n) is 9.95. The first-order chi connectivity index (χ1) is 17.5. The van der Waals surface area contributed by atoms with E-state index in [4.69, 9.17) is 4.74 Å². The van der Waals surface area contributed by atoms with Crippen LogP contribution in [0.25, 0.3) is 0 Å². The second-order valence-corrected chi connectivity index (χ2v) is 10.8. The Bertz CT molecular complexity index is 1180. The highest BCUT2D eigenvalue weighted by Gasteiger charge is 2.49. The molecule has 0 amide bonds. The molecule has 3 aliphatic rings. The van der Waals surface area contributed by atoms with Gasteiger partial charge in [-0.1, -0.05) is 60.7 Å². The van der Waals surface area contributed by atoms with Gasteiger partial charge in [-0.3, -0.25) is 4.79 Å². The van der Waals surface area contributed by atoms with Crippen LogP contribution in [0.15, 0.2) is 89.8 Å². The maximum absolute atomic E-state index is 13.5. The van der Waals surface area contributed by atoms with Crippen molar-refractivity contribution in [1.29, 1.82) is 0 Å². The number of hydrogen-bond donors (Lipinski definition) is 1. The second kappa shape index (κ2) is 10.9. The van der Waals surface area contributed by atoms with E-state index in [1.54, 1.807) is 11.8 Å². The molecule has 3 heterocycles. The number of ketones is 1. The van der Waals surface area contributed by atoms with E-state index in [-0.39, 0.29) is 17.9 Å². The SMILES string of the molecule is CSc1ccc(C(=O)C[N+]23CCC(CC2)C(OC(=O)C(Nc2ccccc2)c2ccccc2)C3)cc1. The number of rotatable bonds is 9. The summed E-state index contributed by atoms with van der Waals surface area (Å²) in [7, 11) is 0. The fourth-order valence-electron chi connectivity index (χ4n) is 5.59. The fourth-order valence-corrected chi connectivity index (χ4v) is 6.00.